The number of nitrogens with one attached hydrogen (secondary N) is 4. The van der Waals surface area contributed by atoms with Crippen molar-refractivity contribution in [1.29, 1.82) is 0 Å². The fourth-order valence-corrected chi connectivity index (χ4v) is 6.55. The summed E-state index contributed by atoms with van der Waals surface area (Å²) in [6.45, 7) is 31.5. The first kappa shape index (κ1) is 64.0. The lowest BCUT2D eigenvalue weighted by Crippen LogP contribution is -2.52. The third-order valence-electron chi connectivity index (χ3n) is 10.9. The predicted octanol–water partition coefficient (Wildman–Crippen LogP) is 9.45. The van der Waals surface area contributed by atoms with E-state index in [9.17, 15) is 33.6 Å². The van der Waals surface area contributed by atoms with Gasteiger partial charge in [0.05, 0.1) is 25.2 Å². The first-order valence-electron chi connectivity index (χ1n) is 24.0. The Hall–Kier alpha value is -4.29. The van der Waals surface area contributed by atoms with Gasteiger partial charge in [-0.2, -0.15) is 0 Å². The number of allylic oxidation sites excluding steroid dienone is 3. The number of carbonyl (C=O) groups excluding carboxylic acids is 7. The van der Waals surface area contributed by atoms with Gasteiger partial charge in [0, 0.05) is 20.0 Å². The summed E-state index contributed by atoms with van der Waals surface area (Å²) in [4.78, 5) is 87.0. The molecule has 5 atom stereocenters. The zero-order valence-corrected chi connectivity index (χ0v) is 43.2. The van der Waals surface area contributed by atoms with Gasteiger partial charge in [0.1, 0.15) is 11.8 Å². The Labute approximate surface area is 389 Å². The highest BCUT2D eigenvalue weighted by Gasteiger charge is 2.32. The zero-order chi connectivity index (χ0) is 50.0. The van der Waals surface area contributed by atoms with Crippen LogP contribution in [0.25, 0.3) is 0 Å². The first-order chi connectivity index (χ1) is 29.9. The molecule has 4 N–H and O–H groups in total. The number of likely N-dealkylation sites (N-methyl/N-ethyl adjacent to an activating group) is 1. The fraction of sp³-hybridized carbons (Fsp3) is 0.745. The normalized spacial score (nSPS) is 15.0. The number of hydrogen-bond donors (Lipinski definition) is 4. The Morgan fingerprint density at radius 1 is 0.812 bits per heavy atom. The lowest BCUT2D eigenvalue weighted by atomic mass is 9.72. The van der Waals surface area contributed by atoms with Crippen molar-refractivity contribution in [3.05, 3.63) is 36.5 Å². The largest absolute Gasteiger partial charge is 0.447 e. The highest BCUT2D eigenvalue weighted by atomic mass is 16.6. The van der Waals surface area contributed by atoms with E-state index in [-0.39, 0.29) is 42.1 Å². The molecule has 1 aliphatic rings. The van der Waals surface area contributed by atoms with Crippen LogP contribution in [0.15, 0.2) is 36.5 Å². The van der Waals surface area contributed by atoms with E-state index in [2.05, 4.69) is 69.4 Å². The molecular weight excluding hydrogens is 811 g/mol. The second kappa shape index (κ2) is 37.0. The first-order valence-corrected chi connectivity index (χ1v) is 24.0. The highest BCUT2D eigenvalue weighted by molar-refractivity contribution is 6.38. The van der Waals surface area contributed by atoms with Crippen LogP contribution in [0.2, 0.25) is 0 Å². The third kappa shape index (κ3) is 31.5. The monoisotopic (exact) mass is 904 g/mol. The number of carbonyl (C=O) groups is 7. The Bertz CT molecular complexity index is 1440. The van der Waals surface area contributed by atoms with Crippen LogP contribution < -0.4 is 21.3 Å². The van der Waals surface area contributed by atoms with Crippen molar-refractivity contribution in [2.24, 2.45) is 29.1 Å². The molecule has 4 unspecified atom stereocenters. The summed E-state index contributed by atoms with van der Waals surface area (Å²) in [7, 11) is 3.12. The lowest BCUT2D eigenvalue weighted by Gasteiger charge is -2.33. The van der Waals surface area contributed by atoms with Crippen LogP contribution in [-0.4, -0.2) is 91.6 Å². The minimum absolute atomic E-state index is 0.0333. The fourth-order valence-electron chi connectivity index (χ4n) is 6.55. The van der Waals surface area contributed by atoms with Crippen LogP contribution in [0.4, 0.5) is 4.79 Å². The zero-order valence-electron chi connectivity index (χ0n) is 43.2. The number of Topliss-reactive ketones (excluding diaryl/α,β-unsaturated/α-hetero) is 2. The summed E-state index contributed by atoms with van der Waals surface area (Å²) >= 11 is 0. The van der Waals surface area contributed by atoms with Gasteiger partial charge in [-0.05, 0) is 88.5 Å². The molecule has 0 saturated heterocycles. The van der Waals surface area contributed by atoms with E-state index in [1.807, 2.05) is 40.7 Å². The SMILES string of the molecule is C=C(/C=C\C=C/C)C(NC(=O)CNC(=O)C(=O)C(CC(C)CC)NC(=O)C(CCCC)C[C@@H](C)CC)C(=O)N(C)C.CC.CC(=O)CNC(=O)OC(C)C.CC(C)(C)C1CCCCC1. The van der Waals surface area contributed by atoms with Crippen molar-refractivity contribution in [3.63, 3.8) is 0 Å². The number of unbranched alkanes of at least 4 members (excludes halogenated alkanes) is 1. The summed E-state index contributed by atoms with van der Waals surface area (Å²) in [6.07, 6.45) is 19.0. The maximum atomic E-state index is 13.3. The van der Waals surface area contributed by atoms with Gasteiger partial charge in [-0.1, -0.05) is 145 Å². The predicted molar refractivity (Wildman–Crippen MR) is 263 cm³/mol. The summed E-state index contributed by atoms with van der Waals surface area (Å²) < 4.78 is 4.70. The quantitative estimate of drug-likeness (QED) is 0.0578. The van der Waals surface area contributed by atoms with Crippen molar-refractivity contribution in [1.82, 2.24) is 26.2 Å². The van der Waals surface area contributed by atoms with E-state index in [0.717, 1.165) is 44.4 Å². The molecule has 64 heavy (non-hydrogen) atoms. The molecule has 0 radical (unpaired) electrons. The third-order valence-corrected chi connectivity index (χ3v) is 10.9. The summed E-state index contributed by atoms with van der Waals surface area (Å²) in [6, 6.07) is -2.02. The van der Waals surface area contributed by atoms with Gasteiger partial charge < -0.3 is 30.9 Å². The summed E-state index contributed by atoms with van der Waals surface area (Å²) in [5.41, 5.74) is 0.935. The maximum Gasteiger partial charge on any atom is 0.407 e. The van der Waals surface area contributed by atoms with Crippen LogP contribution in [-0.2, 0) is 33.5 Å². The van der Waals surface area contributed by atoms with Gasteiger partial charge in [0.15, 0.2) is 0 Å². The van der Waals surface area contributed by atoms with Crippen molar-refractivity contribution >= 4 is 41.3 Å². The topological polar surface area (TPSA) is 180 Å². The minimum atomic E-state index is -1.03. The molecule has 0 heterocycles. The van der Waals surface area contributed by atoms with E-state index < -0.39 is 42.3 Å². The minimum Gasteiger partial charge on any atom is -0.447 e. The molecule has 0 aromatic carbocycles. The molecule has 1 rings (SSSR count). The van der Waals surface area contributed by atoms with Gasteiger partial charge in [0.2, 0.25) is 23.5 Å². The lowest BCUT2D eigenvalue weighted by molar-refractivity contribution is -0.141. The van der Waals surface area contributed by atoms with Crippen LogP contribution in [0.3, 0.4) is 0 Å². The van der Waals surface area contributed by atoms with E-state index in [1.54, 1.807) is 46.2 Å². The molecule has 0 aromatic heterocycles. The maximum absolute atomic E-state index is 13.3. The van der Waals surface area contributed by atoms with E-state index >= 15 is 0 Å². The second-order valence-electron chi connectivity index (χ2n) is 18.3. The molecular formula is C51H93N5O8. The van der Waals surface area contributed by atoms with Gasteiger partial charge >= 0.3 is 6.09 Å². The van der Waals surface area contributed by atoms with Gasteiger partial charge in [-0.3, -0.25) is 28.8 Å². The highest BCUT2D eigenvalue weighted by Crippen LogP contribution is 2.37. The average molecular weight is 904 g/mol. The number of ether oxygens (including phenoxy) is 1. The number of amides is 5. The summed E-state index contributed by atoms with van der Waals surface area (Å²) in [5, 5.41) is 10.1. The number of ketones is 2. The Morgan fingerprint density at radius 2 is 1.38 bits per heavy atom. The summed E-state index contributed by atoms with van der Waals surface area (Å²) in [5.74, 6) is -1.84. The van der Waals surface area contributed by atoms with Crippen molar-refractivity contribution < 1.29 is 38.3 Å². The number of hydrogen-bond acceptors (Lipinski definition) is 8. The van der Waals surface area contributed by atoms with Gasteiger partial charge in [0.25, 0.3) is 5.91 Å². The second-order valence-corrected chi connectivity index (χ2v) is 18.3. The molecule has 0 bridgehead atoms. The van der Waals surface area contributed by atoms with E-state index in [4.69, 9.17) is 4.74 Å². The molecule has 1 fully saturated rings. The number of alkyl carbamates (subject to hydrolysis) is 1. The molecule has 0 aliphatic heterocycles. The van der Waals surface area contributed by atoms with Crippen molar-refractivity contribution in [3.8, 4) is 0 Å². The number of rotatable bonds is 23. The molecule has 0 spiro atoms. The smallest absolute Gasteiger partial charge is 0.407 e. The van der Waals surface area contributed by atoms with Gasteiger partial charge in [-0.15, -0.1) is 0 Å². The molecule has 1 saturated carbocycles. The Balaban J connectivity index is -0.00000130. The van der Waals surface area contributed by atoms with Crippen molar-refractivity contribution in [2.45, 2.75) is 192 Å². The Morgan fingerprint density at radius 3 is 1.83 bits per heavy atom. The molecule has 370 valence electrons. The molecule has 1 aliphatic carbocycles. The molecule has 13 heteroatoms. The standard InChI is InChI=1S/C32H54N4O5.C10H20.C7H13NO3.C2H6/c1-10-14-16-17-24(7)28(32(41)36(8)9)35-27(37)21-33-31(40)29(38)26(20-23(6)13-4)34-30(39)25(18-15-11-2)19-22(5)12-3;1-10(2,3)9-7-5-4-6-8-9;1-5(2)11-7(10)8-4-6(3)9;1-2/h10,14,16-17,22-23,25-26,28H,7,11-13,15,18-21H2,1-6,8-9H3,(H,33,40)(H,34,39)(H,35,37);9H,4-8H2,1-3H3;5H,4H2,1-3H3,(H,8,10);1-2H3/b14-10-,17-16-;;;/t22-,23?,25?,26?,28?;;;/m0.../s1. The van der Waals surface area contributed by atoms with Crippen LogP contribution >= 0.6 is 0 Å². The van der Waals surface area contributed by atoms with E-state index in [1.165, 1.54) is 43.9 Å². The molecule has 13 nitrogen and oxygen atoms in total. The van der Waals surface area contributed by atoms with Gasteiger partial charge in [-0.25, -0.2) is 4.79 Å². The van der Waals surface area contributed by atoms with Crippen molar-refractivity contribution in [2.75, 3.05) is 27.2 Å². The average Bonchev–Trinajstić information content (AvgIpc) is 3.25. The Kier molecular flexibility index (Phi) is 37.0. The molecule has 0 aromatic rings. The van der Waals surface area contributed by atoms with Crippen LogP contribution in [0, 0.1) is 29.1 Å². The number of nitrogens with zero attached hydrogens (tertiary/aromatic N) is 1. The van der Waals surface area contributed by atoms with Crippen LogP contribution in [0.5, 0.6) is 0 Å². The molecule has 5 amide bonds. The van der Waals surface area contributed by atoms with E-state index in [0.29, 0.717) is 23.3 Å². The van der Waals surface area contributed by atoms with Crippen LogP contribution in [0.1, 0.15) is 174 Å².